The number of rotatable bonds is 6. The van der Waals surface area contributed by atoms with E-state index >= 15 is 0 Å². The van der Waals surface area contributed by atoms with E-state index in [1.54, 1.807) is 0 Å². The van der Waals surface area contributed by atoms with Crippen molar-refractivity contribution >= 4 is 11.8 Å². The molecule has 0 saturated heterocycles. The maximum Gasteiger partial charge on any atom is 0.0192 e. The first-order chi connectivity index (χ1) is 14.1. The Bertz CT molecular complexity index is 482. The highest BCUT2D eigenvalue weighted by atomic mass is 32.2. The zero-order valence-electron chi connectivity index (χ0n) is 23.0. The van der Waals surface area contributed by atoms with E-state index in [4.69, 9.17) is 0 Å². The van der Waals surface area contributed by atoms with Crippen LogP contribution in [0.1, 0.15) is 108 Å². The van der Waals surface area contributed by atoms with Crippen LogP contribution in [-0.4, -0.2) is 18.1 Å². The van der Waals surface area contributed by atoms with E-state index in [9.17, 15) is 0 Å². The maximum absolute atomic E-state index is 3.87. The molecule has 0 saturated carbocycles. The van der Waals surface area contributed by atoms with Crippen LogP contribution < -0.4 is 5.32 Å². The van der Waals surface area contributed by atoms with Crippen LogP contribution in [0, 0.1) is 22.2 Å². The Morgan fingerprint density at radius 2 is 1.55 bits per heavy atom. The van der Waals surface area contributed by atoms with Gasteiger partial charge in [-0.05, 0) is 66.4 Å². The summed E-state index contributed by atoms with van der Waals surface area (Å²) in [5.41, 5.74) is 2.48. The Morgan fingerprint density at radius 1 is 0.968 bits per heavy atom. The molecule has 0 radical (unpaired) electrons. The van der Waals surface area contributed by atoms with Crippen LogP contribution >= 0.6 is 11.8 Å². The van der Waals surface area contributed by atoms with Gasteiger partial charge in [0.2, 0.25) is 0 Å². The molecule has 0 bridgehead atoms. The molecular weight excluding hydrogens is 394 g/mol. The fourth-order valence-electron chi connectivity index (χ4n) is 2.99. The van der Waals surface area contributed by atoms with E-state index in [0.29, 0.717) is 16.2 Å². The summed E-state index contributed by atoms with van der Waals surface area (Å²) in [6.45, 7) is 31.2. The van der Waals surface area contributed by atoms with Crippen LogP contribution in [0.25, 0.3) is 0 Å². The number of hydrogen-bond acceptors (Lipinski definition) is 2. The molecule has 0 aliphatic heterocycles. The Kier molecular flexibility index (Phi) is 17.8. The minimum absolute atomic E-state index is 0.359. The number of thioether (sulfide) groups is 1. The van der Waals surface area contributed by atoms with Gasteiger partial charge >= 0.3 is 0 Å². The molecule has 1 rings (SSSR count). The Balaban J connectivity index is 0. The maximum atomic E-state index is 3.87. The lowest BCUT2D eigenvalue weighted by molar-refractivity contribution is 0.208. The summed E-state index contributed by atoms with van der Waals surface area (Å²) in [6, 6.07) is 0. The summed E-state index contributed by atoms with van der Waals surface area (Å²) in [5.74, 6) is 3.23. The molecule has 31 heavy (non-hydrogen) atoms. The third-order valence-corrected chi connectivity index (χ3v) is 6.60. The monoisotopic (exact) mass is 451 g/mol. The molecule has 1 N–H and O–H groups in total. The SMILES string of the molecule is C=C(CC)NCC(C)(C)C.C=CCSCC(C)(C)C.CC(C)(C)C1CC/C=C/CCC1. The predicted octanol–water partition coefficient (Wildman–Crippen LogP) is 9.67. The van der Waals surface area contributed by atoms with Crippen LogP contribution in [-0.2, 0) is 0 Å². The third-order valence-electron chi connectivity index (χ3n) is 5.06. The van der Waals surface area contributed by atoms with E-state index in [1.165, 1.54) is 37.9 Å². The van der Waals surface area contributed by atoms with Crippen molar-refractivity contribution in [3.05, 3.63) is 37.1 Å². The van der Waals surface area contributed by atoms with Gasteiger partial charge in [-0.1, -0.05) is 94.0 Å². The number of allylic oxidation sites excluding steroid dienone is 3. The highest BCUT2D eigenvalue weighted by Gasteiger charge is 2.23. The molecule has 0 spiro atoms. The quantitative estimate of drug-likeness (QED) is 0.318. The lowest BCUT2D eigenvalue weighted by atomic mass is 9.75. The van der Waals surface area contributed by atoms with Crippen molar-refractivity contribution in [2.24, 2.45) is 22.2 Å². The Hall–Kier alpha value is -0.630. The van der Waals surface area contributed by atoms with Crippen LogP contribution in [0.5, 0.6) is 0 Å². The molecule has 0 aromatic heterocycles. The van der Waals surface area contributed by atoms with Gasteiger partial charge < -0.3 is 5.32 Å². The molecule has 1 unspecified atom stereocenters. The van der Waals surface area contributed by atoms with Crippen molar-refractivity contribution < 1.29 is 0 Å². The number of hydrogen-bond donors (Lipinski definition) is 1. The van der Waals surface area contributed by atoms with Gasteiger partial charge in [0.05, 0.1) is 0 Å². The van der Waals surface area contributed by atoms with Crippen molar-refractivity contribution in [2.45, 2.75) is 108 Å². The van der Waals surface area contributed by atoms with Crippen LogP contribution in [0.2, 0.25) is 0 Å². The molecule has 2 heteroatoms. The topological polar surface area (TPSA) is 12.0 Å². The molecule has 1 nitrogen and oxygen atoms in total. The van der Waals surface area contributed by atoms with Crippen molar-refractivity contribution in [1.82, 2.24) is 5.32 Å². The van der Waals surface area contributed by atoms with Gasteiger partial charge in [-0.3, -0.25) is 0 Å². The first kappa shape index (κ1) is 32.5. The van der Waals surface area contributed by atoms with Gasteiger partial charge in [-0.25, -0.2) is 0 Å². The summed E-state index contributed by atoms with van der Waals surface area (Å²) in [4.78, 5) is 0. The van der Waals surface area contributed by atoms with E-state index < -0.39 is 0 Å². The lowest BCUT2D eigenvalue weighted by Gasteiger charge is -2.31. The molecule has 0 aromatic rings. The third kappa shape index (κ3) is 25.5. The summed E-state index contributed by atoms with van der Waals surface area (Å²) < 4.78 is 0. The normalized spacial score (nSPS) is 18.2. The molecule has 0 fully saturated rings. The summed E-state index contributed by atoms with van der Waals surface area (Å²) in [5, 5.41) is 3.28. The highest BCUT2D eigenvalue weighted by molar-refractivity contribution is 7.99. The smallest absolute Gasteiger partial charge is 0.0192 e. The summed E-state index contributed by atoms with van der Waals surface area (Å²) in [6.07, 6.45) is 14.5. The van der Waals surface area contributed by atoms with Gasteiger partial charge in [-0.2, -0.15) is 11.8 Å². The van der Waals surface area contributed by atoms with Gasteiger partial charge in [-0.15, -0.1) is 6.58 Å². The molecule has 0 heterocycles. The van der Waals surface area contributed by atoms with Crippen LogP contribution in [0.3, 0.4) is 0 Å². The van der Waals surface area contributed by atoms with Gasteiger partial charge in [0.25, 0.3) is 0 Å². The van der Waals surface area contributed by atoms with Gasteiger partial charge in [0, 0.05) is 18.0 Å². The zero-order chi connectivity index (χ0) is 24.6. The summed E-state index contributed by atoms with van der Waals surface area (Å²) >= 11 is 1.94. The second kappa shape index (κ2) is 16.9. The van der Waals surface area contributed by atoms with Gasteiger partial charge in [0.1, 0.15) is 0 Å². The fraction of sp³-hybridized carbons (Fsp3) is 0.793. The van der Waals surface area contributed by atoms with Crippen LogP contribution in [0.15, 0.2) is 37.1 Å². The van der Waals surface area contributed by atoms with Crippen molar-refractivity contribution in [2.75, 3.05) is 18.1 Å². The van der Waals surface area contributed by atoms with E-state index in [2.05, 4.69) is 99.9 Å². The van der Waals surface area contributed by atoms with Crippen LogP contribution in [0.4, 0.5) is 0 Å². The average molecular weight is 452 g/mol. The molecule has 0 amide bonds. The Morgan fingerprint density at radius 3 is 2.00 bits per heavy atom. The molecular formula is C29H57NS. The van der Waals surface area contributed by atoms with E-state index in [0.717, 1.165) is 30.3 Å². The lowest BCUT2D eigenvalue weighted by Crippen LogP contribution is -2.25. The predicted molar refractivity (Wildman–Crippen MR) is 149 cm³/mol. The minimum atomic E-state index is 0.359. The zero-order valence-corrected chi connectivity index (χ0v) is 23.8. The van der Waals surface area contributed by atoms with Gasteiger partial charge in [0.15, 0.2) is 0 Å². The molecule has 1 aliphatic rings. The minimum Gasteiger partial charge on any atom is -0.388 e. The molecule has 1 atom stereocenters. The highest BCUT2D eigenvalue weighted by Crippen LogP contribution is 2.34. The standard InChI is InChI=1S/C12H22.C9H19N.C8H16S/c1-12(2,3)11-9-7-5-4-6-8-10-11;1-6-8(2)10-7-9(3,4)5;1-5-6-9-7-8(2,3)4/h4-5,11H,6-10H2,1-3H3;10H,2,6-7H2,1,3-5H3;5H,1,6-7H2,2-4H3/b5-4+;;. The second-order valence-electron chi connectivity index (χ2n) is 12.3. The van der Waals surface area contributed by atoms with Crippen molar-refractivity contribution in [3.63, 3.8) is 0 Å². The van der Waals surface area contributed by atoms with Crippen molar-refractivity contribution in [1.29, 1.82) is 0 Å². The molecule has 1 aliphatic carbocycles. The first-order valence-electron chi connectivity index (χ1n) is 12.4. The molecule has 0 aromatic carbocycles. The van der Waals surface area contributed by atoms with E-state index in [-0.39, 0.29) is 0 Å². The fourth-order valence-corrected chi connectivity index (χ4v) is 3.89. The number of nitrogens with one attached hydrogen (secondary N) is 1. The largest absolute Gasteiger partial charge is 0.388 e. The first-order valence-corrected chi connectivity index (χ1v) is 13.5. The average Bonchev–Trinajstić information content (AvgIpc) is 2.58. The summed E-state index contributed by atoms with van der Waals surface area (Å²) in [7, 11) is 0. The van der Waals surface area contributed by atoms with Crippen molar-refractivity contribution in [3.8, 4) is 0 Å². The second-order valence-corrected chi connectivity index (χ2v) is 13.3. The Labute approximate surface area is 202 Å². The van der Waals surface area contributed by atoms with E-state index in [1.807, 2.05) is 17.8 Å². The molecule has 184 valence electrons.